The van der Waals surface area contributed by atoms with Crippen LogP contribution in [-0.4, -0.2) is 12.1 Å². The third-order valence-electron chi connectivity index (χ3n) is 3.42. The smallest absolute Gasteiger partial charge is 0.319 e. The number of amides is 2. The van der Waals surface area contributed by atoms with Gasteiger partial charge >= 0.3 is 6.03 Å². The molecule has 1 aliphatic rings. The van der Waals surface area contributed by atoms with Crippen LogP contribution in [0.15, 0.2) is 24.3 Å². The first-order chi connectivity index (χ1) is 8.63. The number of rotatable bonds is 2. The SMILES string of the molecule is CC1CCCC(NC(=O)Nc2cccc(N)c2)C1. The molecule has 1 aromatic rings. The van der Waals surface area contributed by atoms with Crippen molar-refractivity contribution in [1.82, 2.24) is 5.32 Å². The number of nitrogens with two attached hydrogens (primary N) is 1. The minimum Gasteiger partial charge on any atom is -0.399 e. The molecule has 4 nitrogen and oxygen atoms in total. The summed E-state index contributed by atoms with van der Waals surface area (Å²) in [5, 5.41) is 5.84. The molecule has 1 aliphatic carbocycles. The average Bonchev–Trinajstić information content (AvgIpc) is 2.28. The van der Waals surface area contributed by atoms with Gasteiger partial charge in [0.05, 0.1) is 0 Å². The van der Waals surface area contributed by atoms with Gasteiger partial charge < -0.3 is 16.4 Å². The van der Waals surface area contributed by atoms with Crippen LogP contribution in [0, 0.1) is 5.92 Å². The number of nitrogen functional groups attached to an aromatic ring is 1. The maximum atomic E-state index is 11.8. The third-order valence-corrected chi connectivity index (χ3v) is 3.42. The van der Waals surface area contributed by atoms with Crippen LogP contribution in [-0.2, 0) is 0 Å². The Labute approximate surface area is 108 Å². The molecule has 2 amide bonds. The minimum absolute atomic E-state index is 0.139. The predicted octanol–water partition coefficient (Wildman–Crippen LogP) is 2.97. The normalized spacial score (nSPS) is 23.4. The van der Waals surface area contributed by atoms with Gasteiger partial charge in [0.25, 0.3) is 0 Å². The van der Waals surface area contributed by atoms with Gasteiger partial charge in [0.1, 0.15) is 0 Å². The second-order valence-corrected chi connectivity index (χ2v) is 5.19. The lowest BCUT2D eigenvalue weighted by Crippen LogP contribution is -2.40. The highest BCUT2D eigenvalue weighted by Crippen LogP contribution is 2.23. The summed E-state index contributed by atoms with van der Waals surface area (Å²) in [7, 11) is 0. The molecular formula is C14H21N3O. The fraction of sp³-hybridized carbons (Fsp3) is 0.500. The maximum absolute atomic E-state index is 11.8. The number of hydrogen-bond donors (Lipinski definition) is 3. The van der Waals surface area contributed by atoms with Crippen molar-refractivity contribution < 1.29 is 4.79 Å². The van der Waals surface area contributed by atoms with E-state index in [4.69, 9.17) is 5.73 Å². The molecule has 1 aromatic carbocycles. The highest BCUT2D eigenvalue weighted by Gasteiger charge is 2.20. The van der Waals surface area contributed by atoms with E-state index < -0.39 is 0 Å². The zero-order valence-electron chi connectivity index (χ0n) is 10.8. The van der Waals surface area contributed by atoms with E-state index in [1.54, 1.807) is 12.1 Å². The number of carbonyl (C=O) groups excluding carboxylic acids is 1. The summed E-state index contributed by atoms with van der Waals surface area (Å²) in [6.07, 6.45) is 4.62. The second-order valence-electron chi connectivity index (χ2n) is 5.19. The van der Waals surface area contributed by atoms with Crippen molar-refractivity contribution in [2.75, 3.05) is 11.1 Å². The van der Waals surface area contributed by atoms with Gasteiger partial charge in [0.2, 0.25) is 0 Å². The van der Waals surface area contributed by atoms with Crippen LogP contribution < -0.4 is 16.4 Å². The van der Waals surface area contributed by atoms with Crippen LogP contribution in [0.5, 0.6) is 0 Å². The summed E-state index contributed by atoms with van der Waals surface area (Å²) in [6.45, 7) is 2.24. The first-order valence-corrected chi connectivity index (χ1v) is 6.56. The summed E-state index contributed by atoms with van der Waals surface area (Å²) < 4.78 is 0. The first-order valence-electron chi connectivity index (χ1n) is 6.56. The Bertz CT molecular complexity index is 419. The van der Waals surface area contributed by atoms with Gasteiger partial charge in [-0.05, 0) is 37.0 Å². The highest BCUT2D eigenvalue weighted by atomic mass is 16.2. The molecular weight excluding hydrogens is 226 g/mol. The lowest BCUT2D eigenvalue weighted by Gasteiger charge is -2.27. The van der Waals surface area contributed by atoms with E-state index >= 15 is 0 Å². The molecule has 0 radical (unpaired) electrons. The Balaban J connectivity index is 1.85. The highest BCUT2D eigenvalue weighted by molar-refractivity contribution is 5.89. The fourth-order valence-corrected chi connectivity index (χ4v) is 2.53. The molecule has 0 spiro atoms. The molecule has 0 aromatic heterocycles. The van der Waals surface area contributed by atoms with Crippen LogP contribution in [0.1, 0.15) is 32.6 Å². The van der Waals surface area contributed by atoms with Crippen LogP contribution in [0.2, 0.25) is 0 Å². The number of urea groups is 1. The van der Waals surface area contributed by atoms with Crippen molar-refractivity contribution in [3.63, 3.8) is 0 Å². The van der Waals surface area contributed by atoms with Gasteiger partial charge in [0.15, 0.2) is 0 Å². The number of nitrogens with one attached hydrogen (secondary N) is 2. The van der Waals surface area contributed by atoms with Gasteiger partial charge in [-0.15, -0.1) is 0 Å². The van der Waals surface area contributed by atoms with Crippen molar-refractivity contribution in [2.24, 2.45) is 5.92 Å². The summed E-state index contributed by atoms with van der Waals surface area (Å²) in [6, 6.07) is 7.37. The maximum Gasteiger partial charge on any atom is 0.319 e. The van der Waals surface area contributed by atoms with Gasteiger partial charge in [0, 0.05) is 17.4 Å². The molecule has 2 atom stereocenters. The quantitative estimate of drug-likeness (QED) is 0.703. The van der Waals surface area contributed by atoms with Gasteiger partial charge in [-0.25, -0.2) is 4.79 Å². The molecule has 1 fully saturated rings. The average molecular weight is 247 g/mol. The van der Waals surface area contributed by atoms with E-state index in [1.807, 2.05) is 12.1 Å². The topological polar surface area (TPSA) is 67.2 Å². The summed E-state index contributed by atoms with van der Waals surface area (Å²) in [4.78, 5) is 11.8. The standard InChI is InChI=1S/C14H21N3O/c1-10-4-2-6-12(8-10)16-14(18)17-13-7-3-5-11(15)9-13/h3,5,7,9-10,12H,2,4,6,8,15H2,1H3,(H2,16,17,18). The van der Waals surface area contributed by atoms with Gasteiger partial charge in [-0.1, -0.05) is 25.8 Å². The number of benzene rings is 1. The summed E-state index contributed by atoms with van der Waals surface area (Å²) in [5.41, 5.74) is 7.05. The number of hydrogen-bond acceptors (Lipinski definition) is 2. The molecule has 0 bridgehead atoms. The lowest BCUT2D eigenvalue weighted by molar-refractivity contribution is 0.238. The Hall–Kier alpha value is -1.71. The third kappa shape index (κ3) is 3.65. The summed E-state index contributed by atoms with van der Waals surface area (Å²) >= 11 is 0. The van der Waals surface area contributed by atoms with E-state index in [1.165, 1.54) is 12.8 Å². The van der Waals surface area contributed by atoms with Crippen molar-refractivity contribution in [3.05, 3.63) is 24.3 Å². The van der Waals surface area contributed by atoms with E-state index in [2.05, 4.69) is 17.6 Å². The van der Waals surface area contributed by atoms with Crippen LogP contribution >= 0.6 is 0 Å². The molecule has 2 rings (SSSR count). The van der Waals surface area contributed by atoms with E-state index in [-0.39, 0.29) is 6.03 Å². The van der Waals surface area contributed by atoms with Crippen LogP contribution in [0.4, 0.5) is 16.2 Å². The van der Waals surface area contributed by atoms with Crippen molar-refractivity contribution in [1.29, 1.82) is 0 Å². The lowest BCUT2D eigenvalue weighted by atomic mass is 9.87. The zero-order chi connectivity index (χ0) is 13.0. The Kier molecular flexibility index (Phi) is 4.07. The molecule has 1 saturated carbocycles. The Morgan fingerprint density at radius 2 is 2.22 bits per heavy atom. The van der Waals surface area contributed by atoms with Crippen molar-refractivity contribution in [3.8, 4) is 0 Å². The molecule has 0 heterocycles. The second kappa shape index (κ2) is 5.76. The molecule has 4 heteroatoms. The van der Waals surface area contributed by atoms with E-state index in [0.29, 0.717) is 17.6 Å². The van der Waals surface area contributed by atoms with Crippen molar-refractivity contribution >= 4 is 17.4 Å². The molecule has 0 saturated heterocycles. The monoisotopic (exact) mass is 247 g/mol. The van der Waals surface area contributed by atoms with Crippen LogP contribution in [0.3, 0.4) is 0 Å². The van der Waals surface area contributed by atoms with E-state index in [9.17, 15) is 4.79 Å². The minimum atomic E-state index is -0.139. The van der Waals surface area contributed by atoms with Crippen LogP contribution in [0.25, 0.3) is 0 Å². The molecule has 0 aliphatic heterocycles. The molecule has 18 heavy (non-hydrogen) atoms. The number of anilines is 2. The summed E-state index contributed by atoms with van der Waals surface area (Å²) in [5.74, 6) is 0.705. The number of carbonyl (C=O) groups is 1. The zero-order valence-corrected chi connectivity index (χ0v) is 10.8. The molecule has 2 unspecified atom stereocenters. The predicted molar refractivity (Wildman–Crippen MR) is 74.4 cm³/mol. The van der Waals surface area contributed by atoms with Gasteiger partial charge in [-0.3, -0.25) is 0 Å². The first kappa shape index (κ1) is 12.7. The molecule has 4 N–H and O–H groups in total. The Morgan fingerprint density at radius 1 is 1.39 bits per heavy atom. The van der Waals surface area contributed by atoms with Gasteiger partial charge in [-0.2, -0.15) is 0 Å². The largest absolute Gasteiger partial charge is 0.399 e. The fourth-order valence-electron chi connectivity index (χ4n) is 2.53. The van der Waals surface area contributed by atoms with Crippen molar-refractivity contribution in [2.45, 2.75) is 38.6 Å². The molecule has 98 valence electrons. The Morgan fingerprint density at radius 3 is 2.94 bits per heavy atom. The van der Waals surface area contributed by atoms with E-state index in [0.717, 1.165) is 18.5 Å².